The van der Waals surface area contributed by atoms with Crippen LogP contribution in [-0.2, 0) is 28.6 Å². The summed E-state index contributed by atoms with van der Waals surface area (Å²) in [6.07, 6.45) is 9.45. The van der Waals surface area contributed by atoms with E-state index in [9.17, 15) is 14.4 Å². The number of amides is 2. The molecule has 1 saturated carbocycles. The van der Waals surface area contributed by atoms with E-state index in [0.29, 0.717) is 13.0 Å². The zero-order valence-electron chi connectivity index (χ0n) is 25.6. The zero-order valence-corrected chi connectivity index (χ0v) is 25.6. The molecular formula is C33H50N2O6. The largest absolute Gasteiger partial charge is 0.460 e. The maximum Gasteiger partial charge on any atom is 0.307 e. The quantitative estimate of drug-likeness (QED) is 0.179. The van der Waals surface area contributed by atoms with Crippen LogP contribution >= 0.6 is 0 Å². The minimum absolute atomic E-state index is 0.0474. The highest BCUT2D eigenvalue weighted by Gasteiger charge is 2.45. The summed E-state index contributed by atoms with van der Waals surface area (Å²) >= 11 is 0. The molecule has 1 unspecified atom stereocenters. The second-order valence-electron chi connectivity index (χ2n) is 12.5. The Labute approximate surface area is 246 Å². The van der Waals surface area contributed by atoms with Crippen molar-refractivity contribution in [2.75, 3.05) is 13.2 Å². The molecule has 228 valence electrons. The predicted molar refractivity (Wildman–Crippen MR) is 160 cm³/mol. The molecule has 2 N–H and O–H groups in total. The summed E-state index contributed by atoms with van der Waals surface area (Å²) < 4.78 is 17.4. The van der Waals surface area contributed by atoms with Gasteiger partial charge >= 0.3 is 5.97 Å². The third-order valence-electron chi connectivity index (χ3n) is 7.83. The van der Waals surface area contributed by atoms with Gasteiger partial charge in [0.25, 0.3) is 0 Å². The number of ether oxygens (including phenoxy) is 3. The molecular weight excluding hydrogens is 520 g/mol. The van der Waals surface area contributed by atoms with Gasteiger partial charge in [0.2, 0.25) is 11.8 Å². The molecule has 3 rings (SSSR count). The van der Waals surface area contributed by atoms with E-state index in [2.05, 4.69) is 17.6 Å². The van der Waals surface area contributed by atoms with E-state index in [1.807, 2.05) is 44.2 Å². The Kier molecular flexibility index (Phi) is 12.4. The molecule has 0 aromatic heterocycles. The number of unbranched alkanes of at least 4 members (excludes halogenated alkanes) is 3. The molecule has 1 aromatic carbocycles. The minimum atomic E-state index is -0.844. The van der Waals surface area contributed by atoms with Gasteiger partial charge in [0.05, 0.1) is 19.1 Å². The van der Waals surface area contributed by atoms with E-state index in [1.54, 1.807) is 19.9 Å². The third kappa shape index (κ3) is 10.6. The van der Waals surface area contributed by atoms with Crippen LogP contribution in [0.3, 0.4) is 0 Å². The zero-order chi connectivity index (χ0) is 29.9. The van der Waals surface area contributed by atoms with E-state index in [-0.39, 0.29) is 42.9 Å². The molecule has 41 heavy (non-hydrogen) atoms. The van der Waals surface area contributed by atoms with Crippen molar-refractivity contribution in [1.82, 2.24) is 10.6 Å². The molecule has 0 spiro atoms. The Hall–Kier alpha value is -2.71. The van der Waals surface area contributed by atoms with Crippen LogP contribution in [-0.4, -0.2) is 55.0 Å². The Morgan fingerprint density at radius 1 is 1.00 bits per heavy atom. The second-order valence-corrected chi connectivity index (χ2v) is 12.5. The van der Waals surface area contributed by atoms with Crippen molar-refractivity contribution in [3.05, 3.63) is 42.0 Å². The normalized spacial score (nSPS) is 23.8. The SMILES string of the molecule is CCCCCCC(=CC(=O)N[C@H]1CCCC[C@@H]1OC(=O)CCNC(=O)C1OC(C)(C)OCC1(C)C)c1ccccc1. The van der Waals surface area contributed by atoms with Gasteiger partial charge in [-0.25, -0.2) is 0 Å². The number of benzene rings is 1. The molecule has 2 amide bonds. The maximum absolute atomic E-state index is 13.1. The number of carbonyl (C=O) groups excluding carboxylic acids is 3. The number of hydrogen-bond acceptors (Lipinski definition) is 6. The predicted octanol–water partition coefficient (Wildman–Crippen LogP) is 5.70. The minimum Gasteiger partial charge on any atom is -0.460 e. The monoisotopic (exact) mass is 570 g/mol. The molecule has 1 aromatic rings. The van der Waals surface area contributed by atoms with Crippen LogP contribution in [0.1, 0.15) is 104 Å². The lowest BCUT2D eigenvalue weighted by molar-refractivity contribution is -0.304. The highest BCUT2D eigenvalue weighted by atomic mass is 16.7. The number of esters is 1. The number of carbonyl (C=O) groups is 3. The Bertz CT molecular complexity index is 1040. The molecule has 1 saturated heterocycles. The van der Waals surface area contributed by atoms with E-state index in [1.165, 1.54) is 12.8 Å². The summed E-state index contributed by atoms with van der Waals surface area (Å²) in [5.74, 6) is -1.65. The molecule has 8 nitrogen and oxygen atoms in total. The lowest BCUT2D eigenvalue weighted by Crippen LogP contribution is -2.56. The van der Waals surface area contributed by atoms with E-state index < -0.39 is 17.3 Å². The molecule has 1 heterocycles. The molecule has 1 aliphatic heterocycles. The highest BCUT2D eigenvalue weighted by molar-refractivity contribution is 5.95. The number of rotatable bonds is 13. The van der Waals surface area contributed by atoms with Gasteiger partial charge in [0.1, 0.15) is 12.2 Å². The van der Waals surface area contributed by atoms with E-state index in [0.717, 1.165) is 49.7 Å². The first-order chi connectivity index (χ1) is 19.5. The van der Waals surface area contributed by atoms with Gasteiger partial charge in [-0.2, -0.15) is 0 Å². The van der Waals surface area contributed by atoms with Crippen LogP contribution in [0.4, 0.5) is 0 Å². The van der Waals surface area contributed by atoms with Crippen molar-refractivity contribution in [3.8, 4) is 0 Å². The first kappa shape index (κ1) is 32.8. The average molecular weight is 571 g/mol. The standard InChI is InChI=1S/C33H50N2O6/c1-6-7-8-10-17-25(24-15-11-9-12-16-24)22-28(36)35-26-18-13-14-19-27(26)40-29(37)20-21-34-31(38)30-32(2,3)23-39-33(4,5)41-30/h9,11-12,15-16,22,26-27,30H,6-8,10,13-14,17-21,23H2,1-5H3,(H,34,38)(H,35,36)/t26-,27-,30?/m0/s1. The fourth-order valence-electron chi connectivity index (χ4n) is 5.41. The van der Waals surface area contributed by atoms with Crippen LogP contribution in [0.15, 0.2) is 36.4 Å². The van der Waals surface area contributed by atoms with Gasteiger partial charge in [-0.15, -0.1) is 0 Å². The fraction of sp³-hybridized carbons (Fsp3) is 0.667. The molecule has 0 bridgehead atoms. The van der Waals surface area contributed by atoms with Crippen LogP contribution in [0, 0.1) is 5.41 Å². The molecule has 8 heteroatoms. The Morgan fingerprint density at radius 3 is 2.46 bits per heavy atom. The van der Waals surface area contributed by atoms with Crippen LogP contribution in [0.5, 0.6) is 0 Å². The van der Waals surface area contributed by atoms with Gasteiger partial charge < -0.3 is 24.8 Å². The number of hydrogen-bond donors (Lipinski definition) is 2. The maximum atomic E-state index is 13.1. The molecule has 2 fully saturated rings. The van der Waals surface area contributed by atoms with Gasteiger partial charge in [0.15, 0.2) is 5.79 Å². The summed E-state index contributed by atoms with van der Waals surface area (Å²) in [5, 5.41) is 5.94. The van der Waals surface area contributed by atoms with Crippen molar-refractivity contribution < 1.29 is 28.6 Å². The summed E-state index contributed by atoms with van der Waals surface area (Å²) in [6, 6.07) is 9.80. The Morgan fingerprint density at radius 2 is 1.73 bits per heavy atom. The van der Waals surface area contributed by atoms with E-state index in [4.69, 9.17) is 14.2 Å². The first-order valence-electron chi connectivity index (χ1n) is 15.4. The summed E-state index contributed by atoms with van der Waals surface area (Å²) in [6.45, 7) is 10.1. The van der Waals surface area contributed by atoms with Crippen LogP contribution in [0.2, 0.25) is 0 Å². The van der Waals surface area contributed by atoms with Crippen molar-refractivity contribution in [1.29, 1.82) is 0 Å². The fourth-order valence-corrected chi connectivity index (χ4v) is 5.41. The topological polar surface area (TPSA) is 103 Å². The van der Waals surface area contributed by atoms with Crippen LogP contribution < -0.4 is 10.6 Å². The van der Waals surface area contributed by atoms with Crippen LogP contribution in [0.25, 0.3) is 5.57 Å². The molecule has 1 aliphatic carbocycles. The number of nitrogens with one attached hydrogen (secondary N) is 2. The lowest BCUT2D eigenvalue weighted by Gasteiger charge is -2.44. The van der Waals surface area contributed by atoms with Crippen molar-refractivity contribution in [2.24, 2.45) is 5.41 Å². The smallest absolute Gasteiger partial charge is 0.307 e. The third-order valence-corrected chi connectivity index (χ3v) is 7.83. The first-order valence-corrected chi connectivity index (χ1v) is 15.4. The van der Waals surface area contributed by atoms with E-state index >= 15 is 0 Å². The Balaban J connectivity index is 1.52. The van der Waals surface area contributed by atoms with Gasteiger partial charge in [-0.05, 0) is 57.1 Å². The molecule has 3 atom stereocenters. The van der Waals surface area contributed by atoms with Gasteiger partial charge in [-0.1, -0.05) is 76.8 Å². The summed E-state index contributed by atoms with van der Waals surface area (Å²) in [5.41, 5.74) is 1.60. The lowest BCUT2D eigenvalue weighted by atomic mass is 9.85. The van der Waals surface area contributed by atoms with Crippen molar-refractivity contribution >= 4 is 23.4 Å². The molecule has 0 radical (unpaired) electrons. The summed E-state index contributed by atoms with van der Waals surface area (Å²) in [7, 11) is 0. The van der Waals surface area contributed by atoms with Gasteiger partial charge in [0, 0.05) is 18.0 Å². The number of allylic oxidation sites excluding steroid dienone is 1. The molecule has 2 aliphatic rings. The highest BCUT2D eigenvalue weighted by Crippen LogP contribution is 2.35. The van der Waals surface area contributed by atoms with Gasteiger partial charge in [-0.3, -0.25) is 14.4 Å². The van der Waals surface area contributed by atoms with Crippen molar-refractivity contribution in [2.45, 2.75) is 123 Å². The van der Waals surface area contributed by atoms with Crippen molar-refractivity contribution in [3.63, 3.8) is 0 Å². The summed E-state index contributed by atoms with van der Waals surface area (Å²) in [4.78, 5) is 38.7. The second kappa shape index (κ2) is 15.5. The average Bonchev–Trinajstić information content (AvgIpc) is 2.93.